The van der Waals surface area contributed by atoms with Crippen LogP contribution < -0.4 is 0 Å². The van der Waals surface area contributed by atoms with Crippen LogP contribution in [0.5, 0.6) is 0 Å². The normalized spacial score (nSPS) is 16.9. The SMILES string of the molecule is FC(F)(F)c1nnc2n1CCN(CCCCS)C2. The summed E-state index contributed by atoms with van der Waals surface area (Å²) < 4.78 is 39.0. The summed E-state index contributed by atoms with van der Waals surface area (Å²) in [5.74, 6) is 0.356. The van der Waals surface area contributed by atoms with Crippen molar-refractivity contribution in [1.29, 1.82) is 0 Å². The molecule has 0 fully saturated rings. The number of hydrogen-bond acceptors (Lipinski definition) is 4. The number of unbranched alkanes of at least 4 members (excludes halogenated alkanes) is 1. The van der Waals surface area contributed by atoms with Crippen molar-refractivity contribution in [1.82, 2.24) is 19.7 Å². The van der Waals surface area contributed by atoms with Crippen LogP contribution in [-0.4, -0.2) is 38.5 Å². The molecule has 0 aliphatic carbocycles. The van der Waals surface area contributed by atoms with E-state index >= 15 is 0 Å². The first-order valence-corrected chi connectivity index (χ1v) is 6.48. The summed E-state index contributed by atoms with van der Waals surface area (Å²) in [6.07, 6.45) is -2.40. The van der Waals surface area contributed by atoms with Crippen molar-refractivity contribution < 1.29 is 13.2 Å². The highest BCUT2D eigenvalue weighted by atomic mass is 32.1. The molecule has 0 N–H and O–H groups in total. The van der Waals surface area contributed by atoms with Gasteiger partial charge in [-0.25, -0.2) is 0 Å². The Bertz CT molecular complexity index is 404. The van der Waals surface area contributed by atoms with Crippen molar-refractivity contribution in [2.24, 2.45) is 0 Å². The van der Waals surface area contributed by atoms with E-state index in [-0.39, 0.29) is 0 Å². The summed E-state index contributed by atoms with van der Waals surface area (Å²) in [6.45, 7) is 2.23. The summed E-state index contributed by atoms with van der Waals surface area (Å²) in [5.41, 5.74) is 0. The lowest BCUT2D eigenvalue weighted by atomic mass is 10.2. The summed E-state index contributed by atoms with van der Waals surface area (Å²) in [7, 11) is 0. The molecule has 0 bridgehead atoms. The first-order chi connectivity index (χ1) is 8.52. The van der Waals surface area contributed by atoms with E-state index in [0.717, 1.165) is 25.1 Å². The zero-order valence-electron chi connectivity index (χ0n) is 9.82. The van der Waals surface area contributed by atoms with E-state index < -0.39 is 12.0 Å². The maximum atomic E-state index is 12.6. The first-order valence-electron chi connectivity index (χ1n) is 5.85. The molecule has 1 aromatic rings. The van der Waals surface area contributed by atoms with Gasteiger partial charge in [-0.2, -0.15) is 25.8 Å². The lowest BCUT2D eigenvalue weighted by Gasteiger charge is -2.27. The van der Waals surface area contributed by atoms with E-state index in [4.69, 9.17) is 0 Å². The number of hydrogen-bond donors (Lipinski definition) is 1. The summed E-state index contributed by atoms with van der Waals surface area (Å²) in [5, 5.41) is 6.89. The maximum absolute atomic E-state index is 12.6. The van der Waals surface area contributed by atoms with Gasteiger partial charge in [0.1, 0.15) is 5.82 Å². The van der Waals surface area contributed by atoms with Gasteiger partial charge in [-0.3, -0.25) is 4.90 Å². The molecule has 0 aromatic carbocycles. The van der Waals surface area contributed by atoms with Gasteiger partial charge < -0.3 is 4.57 Å². The molecule has 1 aliphatic heterocycles. The molecule has 0 amide bonds. The molecular formula is C10H15F3N4S. The van der Waals surface area contributed by atoms with Crippen molar-refractivity contribution in [3.05, 3.63) is 11.6 Å². The van der Waals surface area contributed by atoms with Gasteiger partial charge in [0.05, 0.1) is 6.54 Å². The van der Waals surface area contributed by atoms with Crippen LogP contribution in [0, 0.1) is 0 Å². The minimum Gasteiger partial charge on any atom is -0.305 e. The Balaban J connectivity index is 2.01. The Labute approximate surface area is 109 Å². The minimum absolute atomic E-state index is 0.304. The predicted molar refractivity (Wildman–Crippen MR) is 63.4 cm³/mol. The smallest absolute Gasteiger partial charge is 0.305 e. The number of aromatic nitrogens is 3. The highest BCUT2D eigenvalue weighted by molar-refractivity contribution is 7.80. The van der Waals surface area contributed by atoms with E-state index in [1.54, 1.807) is 0 Å². The lowest BCUT2D eigenvalue weighted by Crippen LogP contribution is -2.35. The third-order valence-corrected chi connectivity index (χ3v) is 3.28. The quantitative estimate of drug-likeness (QED) is 0.675. The molecule has 0 spiro atoms. The average Bonchev–Trinajstić information content (AvgIpc) is 2.72. The van der Waals surface area contributed by atoms with Crippen LogP contribution in [-0.2, 0) is 19.3 Å². The monoisotopic (exact) mass is 280 g/mol. The molecule has 1 aliphatic rings. The Morgan fingerprint density at radius 3 is 2.61 bits per heavy atom. The minimum atomic E-state index is -4.42. The largest absolute Gasteiger partial charge is 0.451 e. The highest BCUT2D eigenvalue weighted by Crippen LogP contribution is 2.29. The summed E-state index contributed by atoms with van der Waals surface area (Å²) in [6, 6.07) is 0. The number of fused-ring (bicyclic) bond motifs is 1. The summed E-state index contributed by atoms with van der Waals surface area (Å²) in [4.78, 5) is 2.10. The zero-order valence-corrected chi connectivity index (χ0v) is 10.7. The predicted octanol–water partition coefficient (Wildman–Crippen LogP) is 1.82. The van der Waals surface area contributed by atoms with E-state index in [2.05, 4.69) is 27.7 Å². The molecule has 1 aromatic heterocycles. The van der Waals surface area contributed by atoms with Gasteiger partial charge in [-0.1, -0.05) is 0 Å². The highest BCUT2D eigenvalue weighted by Gasteiger charge is 2.39. The Morgan fingerprint density at radius 2 is 1.94 bits per heavy atom. The lowest BCUT2D eigenvalue weighted by molar-refractivity contribution is -0.148. The van der Waals surface area contributed by atoms with Gasteiger partial charge in [0.15, 0.2) is 0 Å². The van der Waals surface area contributed by atoms with Crippen LogP contribution in [0.15, 0.2) is 0 Å². The standard InChI is InChI=1S/C10H15F3N4S/c11-10(12,13)9-15-14-8-7-16(3-1-2-6-18)4-5-17(8)9/h18H,1-7H2. The van der Waals surface area contributed by atoms with Gasteiger partial charge in [0, 0.05) is 13.1 Å². The molecule has 0 atom stereocenters. The molecule has 18 heavy (non-hydrogen) atoms. The second kappa shape index (κ2) is 5.48. The molecule has 0 radical (unpaired) electrons. The van der Waals surface area contributed by atoms with Crippen LogP contribution in [0.3, 0.4) is 0 Å². The molecule has 0 unspecified atom stereocenters. The molecule has 102 valence electrons. The fraction of sp³-hybridized carbons (Fsp3) is 0.800. The third-order valence-electron chi connectivity index (χ3n) is 2.97. The molecule has 0 saturated heterocycles. The van der Waals surface area contributed by atoms with Crippen molar-refractivity contribution >= 4 is 12.6 Å². The Hall–Kier alpha value is -0.760. The van der Waals surface area contributed by atoms with Crippen LogP contribution in [0.2, 0.25) is 0 Å². The number of rotatable bonds is 4. The fourth-order valence-electron chi connectivity index (χ4n) is 2.06. The number of alkyl halides is 3. The van der Waals surface area contributed by atoms with Crippen molar-refractivity contribution in [3.63, 3.8) is 0 Å². The van der Waals surface area contributed by atoms with E-state index in [1.807, 2.05) is 0 Å². The molecule has 8 heteroatoms. The first kappa shape index (κ1) is 13.7. The van der Waals surface area contributed by atoms with Crippen molar-refractivity contribution in [2.45, 2.75) is 32.1 Å². The fourth-order valence-corrected chi connectivity index (χ4v) is 2.28. The average molecular weight is 280 g/mol. The number of thiol groups is 1. The third kappa shape index (κ3) is 2.97. The number of nitrogens with zero attached hydrogens (tertiary/aromatic N) is 4. The van der Waals surface area contributed by atoms with E-state index in [9.17, 15) is 13.2 Å². The second-order valence-corrected chi connectivity index (χ2v) is 4.74. The zero-order chi connectivity index (χ0) is 13.2. The van der Waals surface area contributed by atoms with Gasteiger partial charge >= 0.3 is 6.18 Å². The van der Waals surface area contributed by atoms with E-state index in [1.165, 1.54) is 4.57 Å². The topological polar surface area (TPSA) is 34.0 Å². The van der Waals surface area contributed by atoms with Crippen LogP contribution in [0.1, 0.15) is 24.5 Å². The van der Waals surface area contributed by atoms with Crippen molar-refractivity contribution in [2.75, 3.05) is 18.8 Å². The molecule has 2 rings (SSSR count). The van der Waals surface area contributed by atoms with Crippen molar-refractivity contribution in [3.8, 4) is 0 Å². The molecular weight excluding hydrogens is 265 g/mol. The molecule has 0 saturated carbocycles. The van der Waals surface area contributed by atoms with Gasteiger partial charge in [-0.15, -0.1) is 10.2 Å². The van der Waals surface area contributed by atoms with Gasteiger partial charge in [0.25, 0.3) is 0 Å². The van der Waals surface area contributed by atoms with Gasteiger partial charge in [-0.05, 0) is 25.1 Å². The van der Waals surface area contributed by atoms with E-state index in [0.29, 0.717) is 25.5 Å². The van der Waals surface area contributed by atoms with Crippen LogP contribution >= 0.6 is 12.6 Å². The molecule has 2 heterocycles. The Morgan fingerprint density at radius 1 is 1.17 bits per heavy atom. The summed E-state index contributed by atoms with van der Waals surface area (Å²) >= 11 is 4.13. The number of halogens is 3. The van der Waals surface area contributed by atoms with Crippen LogP contribution in [0.25, 0.3) is 0 Å². The van der Waals surface area contributed by atoms with Crippen LogP contribution in [0.4, 0.5) is 13.2 Å². The Kier molecular flexibility index (Phi) is 4.16. The molecule has 4 nitrogen and oxygen atoms in total. The van der Waals surface area contributed by atoms with Gasteiger partial charge in [0.2, 0.25) is 5.82 Å². The maximum Gasteiger partial charge on any atom is 0.451 e. The second-order valence-electron chi connectivity index (χ2n) is 4.30.